The Labute approximate surface area is 104 Å². The van der Waals surface area contributed by atoms with Crippen molar-refractivity contribution in [3.63, 3.8) is 0 Å². The Balaban J connectivity index is 2.80. The molecule has 1 N–H and O–H groups in total. The maximum atomic E-state index is 4.10. The summed E-state index contributed by atoms with van der Waals surface area (Å²) < 4.78 is 1.92. The molecule has 0 saturated heterocycles. The first-order chi connectivity index (χ1) is 7.61. The van der Waals surface area contributed by atoms with Gasteiger partial charge >= 0.3 is 0 Å². The molecule has 0 bridgehead atoms. The average Bonchev–Trinajstić information content (AvgIpc) is 2.58. The summed E-state index contributed by atoms with van der Waals surface area (Å²) in [6.07, 6.45) is 0. The van der Waals surface area contributed by atoms with Crippen LogP contribution in [0.1, 0.15) is 60.3 Å². The standard InChI is InChI=1S/C12H25N5/c1-9(11(2,3)4)17-10(14-15-16-17)8-13-12(5,6)7/h9,13H,8H2,1-7H3. The van der Waals surface area contributed by atoms with Gasteiger partial charge in [0.05, 0.1) is 12.6 Å². The highest BCUT2D eigenvalue weighted by Gasteiger charge is 2.25. The molecule has 0 amide bonds. The van der Waals surface area contributed by atoms with Crippen LogP contribution in [0.2, 0.25) is 0 Å². The summed E-state index contributed by atoms with van der Waals surface area (Å²) >= 11 is 0. The zero-order valence-electron chi connectivity index (χ0n) is 12.1. The van der Waals surface area contributed by atoms with E-state index in [1.54, 1.807) is 0 Å². The van der Waals surface area contributed by atoms with Crippen LogP contribution >= 0.6 is 0 Å². The van der Waals surface area contributed by atoms with Crippen LogP contribution < -0.4 is 5.32 Å². The molecule has 5 nitrogen and oxygen atoms in total. The Morgan fingerprint density at radius 2 is 1.76 bits per heavy atom. The first-order valence-electron chi connectivity index (χ1n) is 6.13. The van der Waals surface area contributed by atoms with Crippen LogP contribution in [0.3, 0.4) is 0 Å². The highest BCUT2D eigenvalue weighted by atomic mass is 15.6. The van der Waals surface area contributed by atoms with E-state index in [1.807, 2.05) is 4.68 Å². The van der Waals surface area contributed by atoms with Gasteiger partial charge in [-0.2, -0.15) is 0 Å². The van der Waals surface area contributed by atoms with Crippen molar-refractivity contribution in [2.24, 2.45) is 5.41 Å². The number of nitrogens with one attached hydrogen (secondary N) is 1. The Kier molecular flexibility index (Phi) is 3.91. The third kappa shape index (κ3) is 4.07. The molecule has 1 aromatic rings. The predicted octanol–water partition coefficient (Wildman–Crippen LogP) is 2.17. The van der Waals surface area contributed by atoms with Gasteiger partial charge in [-0.05, 0) is 43.5 Å². The molecular formula is C12H25N5. The first kappa shape index (κ1) is 14.1. The maximum absolute atomic E-state index is 4.10. The molecule has 1 atom stereocenters. The Hall–Kier alpha value is -0.970. The highest BCUT2D eigenvalue weighted by Crippen LogP contribution is 2.29. The Morgan fingerprint density at radius 1 is 1.18 bits per heavy atom. The molecule has 0 aliphatic heterocycles. The minimum atomic E-state index is 0.0712. The molecule has 1 unspecified atom stereocenters. The molecule has 98 valence electrons. The minimum absolute atomic E-state index is 0.0712. The molecule has 0 radical (unpaired) electrons. The van der Waals surface area contributed by atoms with E-state index in [4.69, 9.17) is 0 Å². The zero-order chi connectivity index (χ0) is 13.3. The molecule has 1 rings (SSSR count). The molecule has 5 heteroatoms. The summed E-state index contributed by atoms with van der Waals surface area (Å²) in [5.74, 6) is 0.891. The summed E-state index contributed by atoms with van der Waals surface area (Å²) in [5, 5.41) is 15.4. The molecule has 0 aromatic carbocycles. The molecule has 1 heterocycles. The summed E-state index contributed by atoms with van der Waals surface area (Å²) in [5.41, 5.74) is 0.216. The van der Waals surface area contributed by atoms with Gasteiger partial charge in [-0.25, -0.2) is 4.68 Å². The van der Waals surface area contributed by atoms with Crippen molar-refractivity contribution in [1.29, 1.82) is 0 Å². The number of aromatic nitrogens is 4. The van der Waals surface area contributed by atoms with E-state index in [9.17, 15) is 0 Å². The summed E-state index contributed by atoms with van der Waals surface area (Å²) in [4.78, 5) is 0. The third-order valence-electron chi connectivity index (χ3n) is 2.96. The average molecular weight is 239 g/mol. The summed E-state index contributed by atoms with van der Waals surface area (Å²) in [6.45, 7) is 15.8. The predicted molar refractivity (Wildman–Crippen MR) is 68.6 cm³/mol. The van der Waals surface area contributed by atoms with Crippen molar-refractivity contribution in [2.45, 2.75) is 66.6 Å². The fraction of sp³-hybridized carbons (Fsp3) is 0.917. The van der Waals surface area contributed by atoms with E-state index in [0.717, 1.165) is 5.82 Å². The van der Waals surface area contributed by atoms with E-state index in [1.165, 1.54) is 0 Å². The third-order valence-corrected chi connectivity index (χ3v) is 2.96. The largest absolute Gasteiger partial charge is 0.305 e. The quantitative estimate of drug-likeness (QED) is 0.878. The number of hydrogen-bond donors (Lipinski definition) is 1. The molecule has 1 aromatic heterocycles. The zero-order valence-corrected chi connectivity index (χ0v) is 12.1. The second kappa shape index (κ2) is 4.72. The Morgan fingerprint density at radius 3 is 2.24 bits per heavy atom. The number of tetrazole rings is 1. The topological polar surface area (TPSA) is 55.6 Å². The first-order valence-corrected chi connectivity index (χ1v) is 6.13. The molecule has 0 fully saturated rings. The monoisotopic (exact) mass is 239 g/mol. The van der Waals surface area contributed by atoms with Gasteiger partial charge in [-0.3, -0.25) is 0 Å². The van der Waals surface area contributed by atoms with E-state index in [-0.39, 0.29) is 17.0 Å². The highest BCUT2D eigenvalue weighted by molar-refractivity contribution is 4.88. The fourth-order valence-corrected chi connectivity index (χ4v) is 1.34. The van der Waals surface area contributed by atoms with Gasteiger partial charge in [0.25, 0.3) is 0 Å². The van der Waals surface area contributed by atoms with Gasteiger partial charge in [0.1, 0.15) is 0 Å². The van der Waals surface area contributed by atoms with Gasteiger partial charge in [-0.15, -0.1) is 5.10 Å². The van der Waals surface area contributed by atoms with Crippen molar-refractivity contribution in [2.75, 3.05) is 0 Å². The van der Waals surface area contributed by atoms with Crippen LogP contribution in [-0.2, 0) is 6.54 Å². The van der Waals surface area contributed by atoms with Crippen LogP contribution in [0.5, 0.6) is 0 Å². The molecule has 0 spiro atoms. The lowest BCUT2D eigenvalue weighted by molar-refractivity contribution is 0.233. The molecule has 17 heavy (non-hydrogen) atoms. The van der Waals surface area contributed by atoms with E-state index in [0.29, 0.717) is 6.54 Å². The van der Waals surface area contributed by atoms with Gasteiger partial charge in [0.2, 0.25) is 0 Å². The molecular weight excluding hydrogens is 214 g/mol. The van der Waals surface area contributed by atoms with Gasteiger partial charge < -0.3 is 5.32 Å². The molecule has 0 aliphatic rings. The number of nitrogens with zero attached hydrogens (tertiary/aromatic N) is 4. The number of hydrogen-bond acceptors (Lipinski definition) is 4. The van der Waals surface area contributed by atoms with E-state index in [2.05, 4.69) is 69.3 Å². The maximum Gasteiger partial charge on any atom is 0.165 e. The fourth-order valence-electron chi connectivity index (χ4n) is 1.34. The number of rotatable bonds is 3. The van der Waals surface area contributed by atoms with Crippen molar-refractivity contribution in [3.8, 4) is 0 Å². The lowest BCUT2D eigenvalue weighted by atomic mass is 9.88. The van der Waals surface area contributed by atoms with Crippen LogP contribution in [-0.4, -0.2) is 25.7 Å². The second-order valence-electron chi connectivity index (χ2n) is 6.69. The van der Waals surface area contributed by atoms with Gasteiger partial charge in [0, 0.05) is 5.54 Å². The minimum Gasteiger partial charge on any atom is -0.305 e. The van der Waals surface area contributed by atoms with Crippen LogP contribution in [0.15, 0.2) is 0 Å². The van der Waals surface area contributed by atoms with Crippen LogP contribution in [0.4, 0.5) is 0 Å². The summed E-state index contributed by atoms with van der Waals surface area (Å²) in [7, 11) is 0. The van der Waals surface area contributed by atoms with Crippen molar-refractivity contribution in [1.82, 2.24) is 25.5 Å². The van der Waals surface area contributed by atoms with Crippen LogP contribution in [0, 0.1) is 5.41 Å². The molecule has 0 aliphatic carbocycles. The van der Waals surface area contributed by atoms with Crippen molar-refractivity contribution >= 4 is 0 Å². The van der Waals surface area contributed by atoms with E-state index < -0.39 is 0 Å². The second-order valence-corrected chi connectivity index (χ2v) is 6.69. The Bertz CT molecular complexity index is 356. The lowest BCUT2D eigenvalue weighted by Crippen LogP contribution is -2.36. The van der Waals surface area contributed by atoms with Crippen molar-refractivity contribution < 1.29 is 0 Å². The normalized spacial score (nSPS) is 15.0. The van der Waals surface area contributed by atoms with Crippen LogP contribution in [0.25, 0.3) is 0 Å². The smallest absolute Gasteiger partial charge is 0.165 e. The van der Waals surface area contributed by atoms with Crippen molar-refractivity contribution in [3.05, 3.63) is 5.82 Å². The summed E-state index contributed by atoms with van der Waals surface area (Å²) in [6, 6.07) is 0.272. The SMILES string of the molecule is CC(n1nnnc1CNC(C)(C)C)C(C)(C)C. The van der Waals surface area contributed by atoms with Gasteiger partial charge in [-0.1, -0.05) is 20.8 Å². The molecule has 0 saturated carbocycles. The lowest BCUT2D eigenvalue weighted by Gasteiger charge is -2.28. The van der Waals surface area contributed by atoms with E-state index >= 15 is 0 Å². The van der Waals surface area contributed by atoms with Gasteiger partial charge in [0.15, 0.2) is 5.82 Å².